The molecule has 26 heavy (non-hydrogen) atoms. The lowest BCUT2D eigenvalue weighted by Crippen LogP contribution is -2.30. The average molecular weight is 385 g/mol. The van der Waals surface area contributed by atoms with Crippen LogP contribution in [0.2, 0.25) is 0 Å². The van der Waals surface area contributed by atoms with Crippen molar-refractivity contribution in [1.29, 1.82) is 0 Å². The molecule has 1 fully saturated rings. The number of thiophene rings is 1. The monoisotopic (exact) mass is 384 g/mol. The Balaban J connectivity index is 1.53. The maximum absolute atomic E-state index is 13.0. The number of rotatable bonds is 5. The lowest BCUT2D eigenvalue weighted by atomic mass is 10.0. The third-order valence-electron chi connectivity index (χ3n) is 4.58. The smallest absolute Gasteiger partial charge is 0.273 e. The SMILES string of the molecule is CCOc1ccc(C2CCCN2C(=O)c2csc(-c3ccsc3)n2)cc1. The molecule has 1 atom stereocenters. The van der Waals surface area contributed by atoms with Crippen LogP contribution in [-0.2, 0) is 0 Å². The predicted octanol–water partition coefficient (Wildman–Crippen LogP) is 5.25. The van der Waals surface area contributed by atoms with Crippen molar-refractivity contribution in [1.82, 2.24) is 9.88 Å². The molecule has 134 valence electrons. The number of thiazole rings is 1. The average Bonchev–Trinajstić information content (AvgIpc) is 3.42. The van der Waals surface area contributed by atoms with Gasteiger partial charge in [0.05, 0.1) is 12.6 Å². The molecule has 3 heterocycles. The van der Waals surface area contributed by atoms with Crippen LogP contribution in [0.25, 0.3) is 10.6 Å². The van der Waals surface area contributed by atoms with Gasteiger partial charge in [-0.1, -0.05) is 12.1 Å². The summed E-state index contributed by atoms with van der Waals surface area (Å²) in [6.07, 6.45) is 2.01. The summed E-state index contributed by atoms with van der Waals surface area (Å²) in [6.45, 7) is 3.41. The van der Waals surface area contributed by atoms with Gasteiger partial charge < -0.3 is 9.64 Å². The maximum atomic E-state index is 13.0. The summed E-state index contributed by atoms with van der Waals surface area (Å²) in [6, 6.07) is 10.3. The van der Waals surface area contributed by atoms with E-state index in [2.05, 4.69) is 22.5 Å². The molecule has 0 saturated carbocycles. The molecule has 1 amide bonds. The molecule has 0 bridgehead atoms. The standard InChI is InChI=1S/C20H20N2O2S2/c1-2-24-16-7-5-14(6-8-16)18-4-3-10-22(18)20(23)17-13-26-19(21-17)15-9-11-25-12-15/h5-9,11-13,18H,2-4,10H2,1H3. The number of ether oxygens (including phenoxy) is 1. The summed E-state index contributed by atoms with van der Waals surface area (Å²) in [5.74, 6) is 0.895. The molecule has 0 aliphatic carbocycles. The normalized spacial score (nSPS) is 16.8. The Hall–Kier alpha value is -2.18. The molecule has 3 aromatic rings. The van der Waals surface area contributed by atoms with Crippen molar-refractivity contribution < 1.29 is 9.53 Å². The highest BCUT2D eigenvalue weighted by atomic mass is 32.1. The summed E-state index contributed by atoms with van der Waals surface area (Å²) in [5, 5.41) is 6.88. The number of hydrogen-bond acceptors (Lipinski definition) is 5. The van der Waals surface area contributed by atoms with Gasteiger partial charge in [0.25, 0.3) is 5.91 Å². The first-order valence-corrected chi connectivity index (χ1v) is 10.6. The molecule has 0 N–H and O–H groups in total. The minimum Gasteiger partial charge on any atom is -0.494 e. The summed E-state index contributed by atoms with van der Waals surface area (Å²) in [5.41, 5.74) is 2.80. The molecule has 6 heteroatoms. The van der Waals surface area contributed by atoms with E-state index >= 15 is 0 Å². The van der Waals surface area contributed by atoms with Crippen LogP contribution < -0.4 is 4.74 Å². The van der Waals surface area contributed by atoms with Gasteiger partial charge in [-0.15, -0.1) is 11.3 Å². The van der Waals surface area contributed by atoms with Crippen LogP contribution in [0.1, 0.15) is 41.9 Å². The highest BCUT2D eigenvalue weighted by Gasteiger charge is 2.31. The van der Waals surface area contributed by atoms with Crippen molar-refractivity contribution in [2.24, 2.45) is 0 Å². The zero-order valence-electron chi connectivity index (χ0n) is 14.6. The molecule has 2 aromatic heterocycles. The number of benzene rings is 1. The lowest BCUT2D eigenvalue weighted by Gasteiger charge is -2.24. The number of aromatic nitrogens is 1. The molecule has 1 aliphatic heterocycles. The van der Waals surface area contributed by atoms with E-state index in [0.717, 1.165) is 41.3 Å². The molecular formula is C20H20N2O2S2. The second-order valence-corrected chi connectivity index (χ2v) is 7.85. The number of likely N-dealkylation sites (tertiary alicyclic amines) is 1. The third kappa shape index (κ3) is 3.39. The van der Waals surface area contributed by atoms with Crippen molar-refractivity contribution >= 4 is 28.6 Å². The Labute approximate surface area is 161 Å². The van der Waals surface area contributed by atoms with E-state index < -0.39 is 0 Å². The van der Waals surface area contributed by atoms with E-state index in [-0.39, 0.29) is 11.9 Å². The minimum atomic E-state index is 0.0270. The molecule has 4 rings (SSSR count). The highest BCUT2D eigenvalue weighted by Crippen LogP contribution is 2.35. The number of hydrogen-bond donors (Lipinski definition) is 0. The molecular weight excluding hydrogens is 364 g/mol. The molecule has 1 aliphatic rings. The Morgan fingerprint density at radius 2 is 2.12 bits per heavy atom. The molecule has 0 spiro atoms. The molecule has 4 nitrogen and oxygen atoms in total. The van der Waals surface area contributed by atoms with Crippen LogP contribution in [0.5, 0.6) is 5.75 Å². The number of carbonyl (C=O) groups is 1. The largest absolute Gasteiger partial charge is 0.494 e. The van der Waals surface area contributed by atoms with Gasteiger partial charge in [-0.2, -0.15) is 11.3 Å². The summed E-state index contributed by atoms with van der Waals surface area (Å²) < 4.78 is 5.52. The van der Waals surface area contributed by atoms with Crippen molar-refractivity contribution in [3.8, 4) is 16.3 Å². The quantitative estimate of drug-likeness (QED) is 0.603. The molecule has 1 saturated heterocycles. The highest BCUT2D eigenvalue weighted by molar-refractivity contribution is 7.14. The fourth-order valence-electron chi connectivity index (χ4n) is 3.35. The van der Waals surface area contributed by atoms with Gasteiger partial charge in [0.15, 0.2) is 0 Å². The van der Waals surface area contributed by atoms with E-state index in [0.29, 0.717) is 12.3 Å². The fourth-order valence-corrected chi connectivity index (χ4v) is 4.85. The van der Waals surface area contributed by atoms with Crippen molar-refractivity contribution in [2.45, 2.75) is 25.8 Å². The van der Waals surface area contributed by atoms with Gasteiger partial charge in [0, 0.05) is 22.9 Å². The first-order chi connectivity index (χ1) is 12.8. The Kier molecular flexibility index (Phi) is 5.04. The maximum Gasteiger partial charge on any atom is 0.273 e. The molecule has 1 unspecified atom stereocenters. The van der Waals surface area contributed by atoms with Crippen LogP contribution in [0.4, 0.5) is 0 Å². The topological polar surface area (TPSA) is 42.4 Å². The van der Waals surface area contributed by atoms with Crippen LogP contribution in [-0.4, -0.2) is 28.9 Å². The fraction of sp³-hybridized carbons (Fsp3) is 0.300. The Morgan fingerprint density at radius 1 is 1.27 bits per heavy atom. The van der Waals surface area contributed by atoms with Crippen molar-refractivity contribution in [2.75, 3.05) is 13.2 Å². The van der Waals surface area contributed by atoms with Gasteiger partial charge in [0.2, 0.25) is 0 Å². The van der Waals surface area contributed by atoms with Gasteiger partial charge in [-0.25, -0.2) is 4.98 Å². The van der Waals surface area contributed by atoms with Crippen molar-refractivity contribution in [3.05, 3.63) is 57.7 Å². The zero-order valence-corrected chi connectivity index (χ0v) is 16.2. The first-order valence-electron chi connectivity index (χ1n) is 8.78. The van der Waals surface area contributed by atoms with Crippen LogP contribution in [0, 0.1) is 0 Å². The number of carbonyl (C=O) groups excluding carboxylic acids is 1. The summed E-state index contributed by atoms with van der Waals surface area (Å²) >= 11 is 3.17. The molecule has 1 aromatic carbocycles. The Morgan fingerprint density at radius 3 is 2.85 bits per heavy atom. The minimum absolute atomic E-state index is 0.0270. The number of amides is 1. The van der Waals surface area contributed by atoms with Gasteiger partial charge in [-0.3, -0.25) is 4.79 Å². The summed E-state index contributed by atoms with van der Waals surface area (Å²) in [7, 11) is 0. The van der Waals surface area contributed by atoms with E-state index in [4.69, 9.17) is 4.74 Å². The summed E-state index contributed by atoms with van der Waals surface area (Å²) in [4.78, 5) is 19.6. The first kappa shape index (κ1) is 17.2. The third-order valence-corrected chi connectivity index (χ3v) is 6.16. The lowest BCUT2D eigenvalue weighted by molar-refractivity contribution is 0.0730. The second-order valence-electron chi connectivity index (χ2n) is 6.21. The molecule has 0 radical (unpaired) electrons. The predicted molar refractivity (Wildman–Crippen MR) is 106 cm³/mol. The van der Waals surface area contributed by atoms with Crippen LogP contribution >= 0.6 is 22.7 Å². The van der Waals surface area contributed by atoms with E-state index in [1.165, 1.54) is 11.3 Å². The Bertz CT molecular complexity index is 872. The van der Waals surface area contributed by atoms with E-state index in [1.807, 2.05) is 40.8 Å². The number of nitrogens with zero attached hydrogens (tertiary/aromatic N) is 2. The van der Waals surface area contributed by atoms with Gasteiger partial charge in [0.1, 0.15) is 16.5 Å². The van der Waals surface area contributed by atoms with Gasteiger partial charge >= 0.3 is 0 Å². The van der Waals surface area contributed by atoms with Crippen LogP contribution in [0.3, 0.4) is 0 Å². The van der Waals surface area contributed by atoms with E-state index in [1.54, 1.807) is 11.3 Å². The zero-order chi connectivity index (χ0) is 17.9. The van der Waals surface area contributed by atoms with Crippen molar-refractivity contribution in [3.63, 3.8) is 0 Å². The van der Waals surface area contributed by atoms with Crippen LogP contribution in [0.15, 0.2) is 46.5 Å². The van der Waals surface area contributed by atoms with E-state index in [9.17, 15) is 4.79 Å². The van der Waals surface area contributed by atoms with Gasteiger partial charge in [-0.05, 0) is 48.9 Å². The second kappa shape index (κ2) is 7.60.